The number of halogens is 1. The fourth-order valence-electron chi connectivity index (χ4n) is 2.41. The van der Waals surface area contributed by atoms with Crippen molar-refractivity contribution < 1.29 is 4.79 Å². The number of carbonyl (C=O) groups is 1. The molecule has 0 saturated carbocycles. The fraction of sp³-hybridized carbons (Fsp3) is 0.692. The van der Waals surface area contributed by atoms with Gasteiger partial charge >= 0.3 is 0 Å². The molecule has 2 N–H and O–H groups in total. The number of amides is 1. The first-order valence-electron chi connectivity index (χ1n) is 6.62. The van der Waals surface area contributed by atoms with Crippen molar-refractivity contribution in [3.05, 3.63) is 17.5 Å². The zero-order valence-corrected chi connectivity index (χ0v) is 12.6. The van der Waals surface area contributed by atoms with Crippen molar-refractivity contribution in [2.75, 3.05) is 6.54 Å². The molecule has 2 atom stereocenters. The number of carbonyl (C=O) groups excluding carboxylic acids is 1. The zero-order valence-electron chi connectivity index (χ0n) is 11.8. The molecule has 19 heavy (non-hydrogen) atoms. The first kappa shape index (κ1) is 16.0. The summed E-state index contributed by atoms with van der Waals surface area (Å²) in [7, 11) is 1.91. The maximum atomic E-state index is 12.1. The molecule has 1 saturated heterocycles. The molecule has 2 unspecified atom stereocenters. The van der Waals surface area contributed by atoms with Crippen LogP contribution in [-0.2, 0) is 11.8 Å². The van der Waals surface area contributed by atoms with Gasteiger partial charge in [-0.05, 0) is 33.2 Å². The van der Waals surface area contributed by atoms with E-state index in [0.717, 1.165) is 30.6 Å². The van der Waals surface area contributed by atoms with E-state index in [9.17, 15) is 4.79 Å². The molecule has 2 rings (SSSR count). The molecule has 0 bridgehead atoms. The molecule has 0 aromatic carbocycles. The van der Waals surface area contributed by atoms with Crippen molar-refractivity contribution in [2.45, 2.75) is 45.2 Å². The summed E-state index contributed by atoms with van der Waals surface area (Å²) < 4.78 is 1.83. The summed E-state index contributed by atoms with van der Waals surface area (Å²) in [5.41, 5.74) is 2.18. The third kappa shape index (κ3) is 3.70. The third-order valence-electron chi connectivity index (χ3n) is 3.73. The summed E-state index contributed by atoms with van der Waals surface area (Å²) in [6, 6.07) is -0.0203. The molecule has 108 valence electrons. The maximum Gasteiger partial charge on any atom is 0.237 e. The fourth-order valence-corrected chi connectivity index (χ4v) is 2.41. The molecule has 0 spiro atoms. The Morgan fingerprint density at radius 1 is 1.58 bits per heavy atom. The number of aromatic nitrogens is 2. The summed E-state index contributed by atoms with van der Waals surface area (Å²) in [6.45, 7) is 4.97. The molecule has 6 heteroatoms. The van der Waals surface area contributed by atoms with Gasteiger partial charge in [0.2, 0.25) is 5.91 Å². The quantitative estimate of drug-likeness (QED) is 0.885. The van der Waals surface area contributed by atoms with Gasteiger partial charge in [0.05, 0.1) is 18.3 Å². The topological polar surface area (TPSA) is 59.0 Å². The Labute approximate surface area is 120 Å². The highest BCUT2D eigenvalue weighted by molar-refractivity contribution is 5.85. The van der Waals surface area contributed by atoms with Gasteiger partial charge in [-0.25, -0.2) is 0 Å². The molecule has 1 aliphatic heterocycles. The van der Waals surface area contributed by atoms with Gasteiger partial charge in [0.15, 0.2) is 0 Å². The molecule has 1 fully saturated rings. The van der Waals surface area contributed by atoms with Crippen molar-refractivity contribution in [3.63, 3.8) is 0 Å². The lowest BCUT2D eigenvalue weighted by atomic mass is 10.0. The van der Waals surface area contributed by atoms with E-state index in [-0.39, 0.29) is 30.4 Å². The summed E-state index contributed by atoms with van der Waals surface area (Å²) in [6.07, 6.45) is 5.06. The van der Waals surface area contributed by atoms with Crippen LogP contribution in [0.4, 0.5) is 0 Å². The standard InChI is InChI=1S/C13H22N4O.ClH/c1-9(11-8-15-17(3)10(11)2)16-13(18)12-6-4-5-7-14-12;/h8-9,12,14H,4-7H2,1-3H3,(H,16,18);1H. The zero-order chi connectivity index (χ0) is 13.1. The first-order chi connectivity index (χ1) is 8.59. The number of rotatable bonds is 3. The maximum absolute atomic E-state index is 12.1. The Balaban J connectivity index is 0.00000180. The molecule has 1 aromatic heterocycles. The molecule has 1 aliphatic rings. The van der Waals surface area contributed by atoms with Crippen molar-refractivity contribution in [3.8, 4) is 0 Å². The second kappa shape index (κ2) is 6.91. The minimum absolute atomic E-state index is 0. The number of nitrogens with zero attached hydrogens (tertiary/aromatic N) is 2. The van der Waals surface area contributed by atoms with E-state index in [1.807, 2.05) is 31.8 Å². The summed E-state index contributed by atoms with van der Waals surface area (Å²) >= 11 is 0. The summed E-state index contributed by atoms with van der Waals surface area (Å²) in [4.78, 5) is 12.1. The van der Waals surface area contributed by atoms with Gasteiger partial charge in [-0.15, -0.1) is 12.4 Å². The molecule has 0 radical (unpaired) electrons. The number of hydrogen-bond donors (Lipinski definition) is 2. The Morgan fingerprint density at radius 2 is 2.32 bits per heavy atom. The monoisotopic (exact) mass is 286 g/mol. The van der Waals surface area contributed by atoms with Gasteiger partial charge in [-0.1, -0.05) is 6.42 Å². The van der Waals surface area contributed by atoms with Crippen LogP contribution in [0.2, 0.25) is 0 Å². The highest BCUT2D eigenvalue weighted by Crippen LogP contribution is 2.16. The van der Waals surface area contributed by atoms with E-state index >= 15 is 0 Å². The van der Waals surface area contributed by atoms with Crippen LogP contribution in [0.5, 0.6) is 0 Å². The number of hydrogen-bond acceptors (Lipinski definition) is 3. The average Bonchev–Trinajstić information content (AvgIpc) is 2.71. The Hall–Kier alpha value is -1.07. The molecule has 1 aromatic rings. The van der Waals surface area contributed by atoms with Crippen LogP contribution >= 0.6 is 12.4 Å². The lowest BCUT2D eigenvalue weighted by molar-refractivity contribution is -0.124. The lowest BCUT2D eigenvalue weighted by Gasteiger charge is -2.24. The van der Waals surface area contributed by atoms with Gasteiger partial charge in [-0.2, -0.15) is 5.10 Å². The van der Waals surface area contributed by atoms with E-state index in [1.54, 1.807) is 0 Å². The van der Waals surface area contributed by atoms with Crippen molar-refractivity contribution in [1.82, 2.24) is 20.4 Å². The molecular weight excluding hydrogens is 264 g/mol. The van der Waals surface area contributed by atoms with E-state index in [1.165, 1.54) is 6.42 Å². The molecule has 5 nitrogen and oxygen atoms in total. The van der Waals surface area contributed by atoms with E-state index in [0.29, 0.717) is 0 Å². The van der Waals surface area contributed by atoms with Crippen LogP contribution in [-0.4, -0.2) is 28.3 Å². The molecular formula is C13H23ClN4O. The van der Waals surface area contributed by atoms with E-state index in [2.05, 4.69) is 15.7 Å². The normalized spacial score (nSPS) is 20.5. The third-order valence-corrected chi connectivity index (χ3v) is 3.73. The van der Waals surface area contributed by atoms with Crippen molar-refractivity contribution in [1.29, 1.82) is 0 Å². The minimum atomic E-state index is -0.0295. The summed E-state index contributed by atoms with van der Waals surface area (Å²) in [5.74, 6) is 0.102. The van der Waals surface area contributed by atoms with Crippen LogP contribution in [0.1, 0.15) is 43.5 Å². The van der Waals surface area contributed by atoms with Crippen LogP contribution < -0.4 is 10.6 Å². The average molecular weight is 287 g/mol. The van der Waals surface area contributed by atoms with Crippen LogP contribution in [0.25, 0.3) is 0 Å². The first-order valence-corrected chi connectivity index (χ1v) is 6.62. The second-order valence-corrected chi connectivity index (χ2v) is 5.04. The smallest absolute Gasteiger partial charge is 0.237 e. The largest absolute Gasteiger partial charge is 0.348 e. The Morgan fingerprint density at radius 3 is 2.84 bits per heavy atom. The van der Waals surface area contributed by atoms with E-state index < -0.39 is 0 Å². The Kier molecular flexibility index (Phi) is 5.82. The van der Waals surface area contributed by atoms with Gasteiger partial charge in [0, 0.05) is 18.3 Å². The van der Waals surface area contributed by atoms with Gasteiger partial charge in [0.25, 0.3) is 0 Å². The van der Waals surface area contributed by atoms with Crippen LogP contribution in [0.15, 0.2) is 6.20 Å². The lowest BCUT2D eigenvalue weighted by Crippen LogP contribution is -2.47. The summed E-state index contributed by atoms with van der Waals surface area (Å²) in [5, 5.41) is 10.5. The number of piperidine rings is 1. The number of nitrogens with one attached hydrogen (secondary N) is 2. The van der Waals surface area contributed by atoms with E-state index in [4.69, 9.17) is 0 Å². The highest BCUT2D eigenvalue weighted by atomic mass is 35.5. The van der Waals surface area contributed by atoms with Crippen molar-refractivity contribution in [2.24, 2.45) is 7.05 Å². The van der Waals surface area contributed by atoms with Crippen molar-refractivity contribution >= 4 is 18.3 Å². The van der Waals surface area contributed by atoms with Crippen LogP contribution in [0.3, 0.4) is 0 Å². The molecule has 0 aliphatic carbocycles. The minimum Gasteiger partial charge on any atom is -0.348 e. The predicted octanol–water partition coefficient (Wildman–Crippen LogP) is 1.47. The SMILES string of the molecule is Cc1c(C(C)NC(=O)C2CCCCN2)cnn1C.Cl. The molecule has 2 heterocycles. The second-order valence-electron chi connectivity index (χ2n) is 5.04. The van der Waals surface area contributed by atoms with Gasteiger partial charge < -0.3 is 10.6 Å². The predicted molar refractivity (Wildman–Crippen MR) is 77.4 cm³/mol. The van der Waals surface area contributed by atoms with Gasteiger partial charge in [0.1, 0.15) is 0 Å². The van der Waals surface area contributed by atoms with Gasteiger partial charge in [-0.3, -0.25) is 9.48 Å². The Bertz CT molecular complexity index is 426. The molecule has 1 amide bonds. The number of aryl methyl sites for hydroxylation is 1. The van der Waals surface area contributed by atoms with Crippen LogP contribution in [0, 0.1) is 6.92 Å². The highest BCUT2D eigenvalue weighted by Gasteiger charge is 2.23.